The minimum Gasteiger partial charge on any atom is -0.414 e. The molecule has 96 valence electrons. The standard InChI is InChI=1S/C11H24O3SSi/c1-11(2,3)16(5,6)13-7-9-8-15-10(12-4)14-9/h9-10H,7-8H2,1-6H3. The molecule has 2 unspecified atom stereocenters. The molecule has 1 saturated heterocycles. The summed E-state index contributed by atoms with van der Waals surface area (Å²) in [5.74, 6) is 0.965. The van der Waals surface area contributed by atoms with Gasteiger partial charge < -0.3 is 13.9 Å². The van der Waals surface area contributed by atoms with E-state index in [-0.39, 0.29) is 16.8 Å². The van der Waals surface area contributed by atoms with E-state index in [1.807, 2.05) is 0 Å². The van der Waals surface area contributed by atoms with Crippen molar-refractivity contribution in [1.29, 1.82) is 0 Å². The highest BCUT2D eigenvalue weighted by Gasteiger charge is 2.38. The number of thioether (sulfide) groups is 1. The molecule has 0 aromatic heterocycles. The average molecular weight is 264 g/mol. The molecule has 0 amide bonds. The fourth-order valence-electron chi connectivity index (χ4n) is 1.15. The van der Waals surface area contributed by atoms with Crippen LogP contribution in [0.5, 0.6) is 0 Å². The Morgan fingerprint density at radius 3 is 2.44 bits per heavy atom. The molecule has 2 atom stereocenters. The second kappa shape index (κ2) is 5.39. The van der Waals surface area contributed by atoms with Crippen LogP contribution in [0.15, 0.2) is 0 Å². The van der Waals surface area contributed by atoms with Crippen molar-refractivity contribution in [1.82, 2.24) is 0 Å². The molecule has 16 heavy (non-hydrogen) atoms. The maximum atomic E-state index is 6.12. The molecule has 0 aromatic carbocycles. The SMILES string of the molecule is COC1OC(CO[Si](C)(C)C(C)(C)C)CS1. The van der Waals surface area contributed by atoms with Gasteiger partial charge >= 0.3 is 0 Å². The minimum atomic E-state index is -1.63. The van der Waals surface area contributed by atoms with E-state index in [0.29, 0.717) is 6.61 Å². The Hall–Kier alpha value is 0.447. The fourth-order valence-corrected chi connectivity index (χ4v) is 3.10. The summed E-state index contributed by atoms with van der Waals surface area (Å²) < 4.78 is 16.9. The monoisotopic (exact) mass is 264 g/mol. The summed E-state index contributed by atoms with van der Waals surface area (Å²) in [6.07, 6.45) is 0.184. The molecule has 1 fully saturated rings. The quantitative estimate of drug-likeness (QED) is 0.729. The summed E-state index contributed by atoms with van der Waals surface area (Å²) >= 11 is 1.70. The van der Waals surface area contributed by atoms with Crippen molar-refractivity contribution >= 4 is 20.1 Å². The van der Waals surface area contributed by atoms with Crippen LogP contribution in [0.4, 0.5) is 0 Å². The van der Waals surface area contributed by atoms with Crippen molar-refractivity contribution in [2.24, 2.45) is 0 Å². The van der Waals surface area contributed by atoms with Gasteiger partial charge in [0.25, 0.3) is 0 Å². The first-order valence-electron chi connectivity index (χ1n) is 5.70. The number of ether oxygens (including phenoxy) is 2. The maximum Gasteiger partial charge on any atom is 0.207 e. The van der Waals surface area contributed by atoms with Gasteiger partial charge in [0.1, 0.15) is 0 Å². The van der Waals surface area contributed by atoms with Crippen molar-refractivity contribution < 1.29 is 13.9 Å². The normalized spacial score (nSPS) is 27.4. The molecular weight excluding hydrogens is 240 g/mol. The van der Waals surface area contributed by atoms with Crippen LogP contribution in [-0.2, 0) is 13.9 Å². The highest BCUT2D eigenvalue weighted by molar-refractivity contribution is 7.99. The van der Waals surface area contributed by atoms with Crippen molar-refractivity contribution in [2.45, 2.75) is 50.6 Å². The molecule has 0 radical (unpaired) electrons. The number of methoxy groups -OCH3 is 1. The lowest BCUT2D eigenvalue weighted by atomic mass is 10.2. The third kappa shape index (κ3) is 3.73. The van der Waals surface area contributed by atoms with Gasteiger partial charge in [0.2, 0.25) is 5.62 Å². The van der Waals surface area contributed by atoms with Crippen molar-refractivity contribution in [2.75, 3.05) is 19.5 Å². The van der Waals surface area contributed by atoms with E-state index in [4.69, 9.17) is 13.9 Å². The van der Waals surface area contributed by atoms with Crippen LogP contribution < -0.4 is 0 Å². The van der Waals surface area contributed by atoms with E-state index < -0.39 is 8.32 Å². The van der Waals surface area contributed by atoms with Crippen LogP contribution >= 0.6 is 11.8 Å². The highest BCUT2D eigenvalue weighted by Crippen LogP contribution is 2.37. The first kappa shape index (κ1) is 14.5. The van der Waals surface area contributed by atoms with E-state index in [0.717, 1.165) is 5.75 Å². The second-order valence-corrected chi connectivity index (χ2v) is 11.5. The van der Waals surface area contributed by atoms with Gasteiger partial charge in [-0.3, -0.25) is 0 Å². The molecule has 1 heterocycles. The van der Waals surface area contributed by atoms with Crippen molar-refractivity contribution in [3.63, 3.8) is 0 Å². The third-order valence-corrected chi connectivity index (χ3v) is 8.99. The summed E-state index contributed by atoms with van der Waals surface area (Å²) in [6, 6.07) is 0. The maximum absolute atomic E-state index is 6.12. The van der Waals surface area contributed by atoms with E-state index in [1.54, 1.807) is 18.9 Å². The van der Waals surface area contributed by atoms with Gasteiger partial charge in [-0.15, -0.1) is 0 Å². The van der Waals surface area contributed by atoms with Crippen LogP contribution in [0.25, 0.3) is 0 Å². The Balaban J connectivity index is 2.35. The Kier molecular flexibility index (Phi) is 4.89. The molecule has 1 aliphatic rings. The largest absolute Gasteiger partial charge is 0.414 e. The lowest BCUT2D eigenvalue weighted by Crippen LogP contribution is -2.43. The Morgan fingerprint density at radius 2 is 2.00 bits per heavy atom. The van der Waals surface area contributed by atoms with E-state index in [1.165, 1.54) is 0 Å². The summed E-state index contributed by atoms with van der Waals surface area (Å²) in [5.41, 5.74) is -0.104. The van der Waals surface area contributed by atoms with Gasteiger partial charge in [-0.05, 0) is 18.1 Å². The second-order valence-electron chi connectivity index (χ2n) is 5.69. The van der Waals surface area contributed by atoms with Crippen molar-refractivity contribution in [3.05, 3.63) is 0 Å². The molecule has 0 bridgehead atoms. The highest BCUT2D eigenvalue weighted by atomic mass is 32.2. The Bertz CT molecular complexity index is 228. The van der Waals surface area contributed by atoms with Gasteiger partial charge in [0, 0.05) is 12.9 Å². The molecule has 3 nitrogen and oxygen atoms in total. The lowest BCUT2D eigenvalue weighted by molar-refractivity contribution is -0.0890. The summed E-state index contributed by atoms with van der Waals surface area (Å²) in [6.45, 7) is 12.0. The molecule has 0 saturated carbocycles. The summed E-state index contributed by atoms with van der Waals surface area (Å²) in [4.78, 5) is 0. The molecule has 0 aromatic rings. The van der Waals surface area contributed by atoms with E-state index in [9.17, 15) is 0 Å². The van der Waals surface area contributed by atoms with Crippen molar-refractivity contribution in [3.8, 4) is 0 Å². The molecule has 1 aliphatic heterocycles. The summed E-state index contributed by atoms with van der Waals surface area (Å²) in [7, 11) is 0.0406. The van der Waals surface area contributed by atoms with Gasteiger partial charge in [0.15, 0.2) is 8.32 Å². The van der Waals surface area contributed by atoms with Gasteiger partial charge in [-0.25, -0.2) is 0 Å². The predicted octanol–water partition coefficient (Wildman–Crippen LogP) is 3.07. The first-order valence-corrected chi connectivity index (χ1v) is 9.66. The molecule has 0 spiro atoms. The minimum absolute atomic E-state index is 0.104. The number of hydrogen-bond acceptors (Lipinski definition) is 4. The zero-order valence-corrected chi connectivity index (χ0v) is 13.0. The predicted molar refractivity (Wildman–Crippen MR) is 71.3 cm³/mol. The zero-order valence-electron chi connectivity index (χ0n) is 11.2. The number of rotatable bonds is 4. The molecule has 0 N–H and O–H groups in total. The molecular formula is C11H24O3SSi. The Labute approximate surface area is 104 Å². The van der Waals surface area contributed by atoms with Crippen LogP contribution in [0.1, 0.15) is 20.8 Å². The topological polar surface area (TPSA) is 27.7 Å². The molecule has 1 rings (SSSR count). The summed E-state index contributed by atoms with van der Waals surface area (Å²) in [5, 5.41) is 0.263. The van der Waals surface area contributed by atoms with E-state index in [2.05, 4.69) is 33.9 Å². The lowest BCUT2D eigenvalue weighted by Gasteiger charge is -2.36. The average Bonchev–Trinajstić information content (AvgIpc) is 2.60. The van der Waals surface area contributed by atoms with Crippen LogP contribution in [0.2, 0.25) is 18.1 Å². The van der Waals surface area contributed by atoms with Crippen LogP contribution in [0, 0.1) is 0 Å². The van der Waals surface area contributed by atoms with Gasteiger partial charge in [-0.1, -0.05) is 32.5 Å². The van der Waals surface area contributed by atoms with Crippen LogP contribution in [0.3, 0.4) is 0 Å². The van der Waals surface area contributed by atoms with Gasteiger partial charge in [-0.2, -0.15) is 0 Å². The first-order chi connectivity index (χ1) is 7.26. The fraction of sp³-hybridized carbons (Fsp3) is 1.00. The molecule has 0 aliphatic carbocycles. The third-order valence-electron chi connectivity index (χ3n) is 3.35. The molecule has 5 heteroatoms. The smallest absolute Gasteiger partial charge is 0.207 e. The van der Waals surface area contributed by atoms with Crippen LogP contribution in [-0.4, -0.2) is 39.5 Å². The zero-order chi connectivity index (χ0) is 12.4. The number of hydrogen-bond donors (Lipinski definition) is 0. The van der Waals surface area contributed by atoms with E-state index >= 15 is 0 Å². The Morgan fingerprint density at radius 1 is 1.38 bits per heavy atom. The van der Waals surface area contributed by atoms with Gasteiger partial charge in [0.05, 0.1) is 12.7 Å².